The summed E-state index contributed by atoms with van der Waals surface area (Å²) in [5.74, 6) is 1.46. The third-order valence-electron chi connectivity index (χ3n) is 5.15. The van der Waals surface area contributed by atoms with Crippen LogP contribution >= 0.6 is 12.2 Å². The largest absolute Gasteiger partial charge is 0.497 e. The quantitative estimate of drug-likeness (QED) is 0.657. The first-order valence-electron chi connectivity index (χ1n) is 9.53. The van der Waals surface area contributed by atoms with Gasteiger partial charge >= 0.3 is 0 Å². The van der Waals surface area contributed by atoms with Crippen LogP contribution in [0.25, 0.3) is 11.4 Å². The number of piperazine rings is 1. The van der Waals surface area contributed by atoms with Crippen LogP contribution in [-0.2, 0) is 11.3 Å². The molecule has 1 aromatic heterocycles. The number of hydrogen-bond acceptors (Lipinski definition) is 5. The summed E-state index contributed by atoms with van der Waals surface area (Å²) in [6.07, 6.45) is 0. The lowest BCUT2D eigenvalue weighted by atomic mass is 10.2. The van der Waals surface area contributed by atoms with E-state index >= 15 is 0 Å². The molecule has 0 radical (unpaired) electrons. The molecular weight excluding hydrogens is 386 g/mol. The zero-order valence-electron chi connectivity index (χ0n) is 16.2. The molecule has 0 bridgehead atoms. The van der Waals surface area contributed by atoms with Crippen LogP contribution in [0.15, 0.2) is 54.6 Å². The third-order valence-corrected chi connectivity index (χ3v) is 5.47. The van der Waals surface area contributed by atoms with Gasteiger partial charge < -0.3 is 14.5 Å². The lowest BCUT2D eigenvalue weighted by Gasteiger charge is -2.36. The van der Waals surface area contributed by atoms with Gasteiger partial charge in [0.2, 0.25) is 5.91 Å². The summed E-state index contributed by atoms with van der Waals surface area (Å²) in [4.78, 5) is 17.1. The van der Waals surface area contributed by atoms with Gasteiger partial charge in [-0.3, -0.25) is 14.5 Å². The minimum atomic E-state index is 0.0463. The number of anilines is 1. The average molecular weight is 410 g/mol. The number of nitrogens with zero attached hydrogens (tertiary/aromatic N) is 4. The first-order valence-corrected chi connectivity index (χ1v) is 9.94. The number of aromatic amines is 1. The molecule has 0 atom stereocenters. The Labute approximate surface area is 174 Å². The van der Waals surface area contributed by atoms with E-state index in [1.54, 1.807) is 11.7 Å². The molecular formula is C21H23N5O2S. The van der Waals surface area contributed by atoms with E-state index in [9.17, 15) is 4.79 Å². The fraction of sp³-hybridized carbons (Fsp3) is 0.286. The van der Waals surface area contributed by atoms with Crippen LogP contribution in [0.4, 0.5) is 5.69 Å². The highest BCUT2D eigenvalue weighted by Gasteiger charge is 2.22. The van der Waals surface area contributed by atoms with Gasteiger partial charge in [0.05, 0.1) is 7.11 Å². The van der Waals surface area contributed by atoms with E-state index in [0.29, 0.717) is 23.7 Å². The molecule has 8 heteroatoms. The van der Waals surface area contributed by atoms with Gasteiger partial charge in [-0.15, -0.1) is 0 Å². The number of ether oxygens (including phenoxy) is 1. The van der Waals surface area contributed by atoms with E-state index in [2.05, 4.69) is 27.2 Å². The average Bonchev–Trinajstić information content (AvgIpc) is 3.14. The molecule has 1 N–H and O–H groups in total. The zero-order chi connectivity index (χ0) is 20.2. The van der Waals surface area contributed by atoms with Crippen LogP contribution in [0, 0.1) is 4.77 Å². The SMILES string of the molecule is COc1ccc(-c2n[nH]c(=S)n2CC(=O)N2CCN(c3ccccc3)CC2)cc1. The minimum absolute atomic E-state index is 0.0463. The summed E-state index contributed by atoms with van der Waals surface area (Å²) in [5.41, 5.74) is 2.07. The second kappa shape index (κ2) is 8.48. The maximum atomic E-state index is 12.9. The van der Waals surface area contributed by atoms with Crippen molar-refractivity contribution in [3.8, 4) is 17.1 Å². The summed E-state index contributed by atoms with van der Waals surface area (Å²) in [6, 6.07) is 17.8. The predicted molar refractivity (Wildman–Crippen MR) is 115 cm³/mol. The molecule has 150 valence electrons. The van der Waals surface area contributed by atoms with Gasteiger partial charge in [0, 0.05) is 37.4 Å². The lowest BCUT2D eigenvalue weighted by Crippen LogP contribution is -2.49. The van der Waals surface area contributed by atoms with E-state index in [4.69, 9.17) is 17.0 Å². The van der Waals surface area contributed by atoms with Crippen molar-refractivity contribution in [1.29, 1.82) is 0 Å². The Bertz CT molecular complexity index is 1020. The molecule has 4 rings (SSSR count). The standard InChI is InChI=1S/C21H23N5O2S/c1-28-18-9-7-16(8-10-18)20-22-23-21(29)26(20)15-19(27)25-13-11-24(12-14-25)17-5-3-2-4-6-17/h2-10H,11-15H2,1H3,(H,23,29). The Balaban J connectivity index is 1.44. The van der Waals surface area contributed by atoms with E-state index < -0.39 is 0 Å². The molecule has 1 aliphatic rings. The molecule has 1 aliphatic heterocycles. The lowest BCUT2D eigenvalue weighted by molar-refractivity contribution is -0.132. The van der Waals surface area contributed by atoms with Crippen molar-refractivity contribution in [2.75, 3.05) is 38.2 Å². The number of carbonyl (C=O) groups is 1. The van der Waals surface area contributed by atoms with Crippen LogP contribution in [0.1, 0.15) is 0 Å². The summed E-state index contributed by atoms with van der Waals surface area (Å²) in [7, 11) is 1.63. The van der Waals surface area contributed by atoms with Gasteiger partial charge in [-0.05, 0) is 48.6 Å². The second-order valence-corrected chi connectivity index (χ2v) is 7.26. The fourth-order valence-corrected chi connectivity index (χ4v) is 3.71. The number of amides is 1. The molecule has 0 spiro atoms. The number of benzene rings is 2. The number of nitrogens with one attached hydrogen (secondary N) is 1. The molecule has 0 unspecified atom stereocenters. The second-order valence-electron chi connectivity index (χ2n) is 6.87. The van der Waals surface area contributed by atoms with E-state index in [1.807, 2.05) is 47.4 Å². The molecule has 1 amide bonds. The molecule has 0 saturated carbocycles. The highest BCUT2D eigenvalue weighted by Crippen LogP contribution is 2.21. The Kier molecular flexibility index (Phi) is 5.62. The number of aromatic nitrogens is 3. The van der Waals surface area contributed by atoms with Crippen molar-refractivity contribution >= 4 is 23.8 Å². The highest BCUT2D eigenvalue weighted by atomic mass is 32.1. The van der Waals surface area contributed by atoms with Gasteiger partial charge in [-0.1, -0.05) is 18.2 Å². The topological polar surface area (TPSA) is 66.4 Å². The van der Waals surface area contributed by atoms with Crippen LogP contribution in [0.3, 0.4) is 0 Å². The monoisotopic (exact) mass is 409 g/mol. The predicted octanol–water partition coefficient (Wildman–Crippen LogP) is 2.97. The maximum absolute atomic E-state index is 12.9. The van der Waals surface area contributed by atoms with Crippen molar-refractivity contribution in [1.82, 2.24) is 19.7 Å². The van der Waals surface area contributed by atoms with Crippen molar-refractivity contribution in [3.05, 3.63) is 59.4 Å². The number of para-hydroxylation sites is 1. The molecule has 29 heavy (non-hydrogen) atoms. The molecule has 2 heterocycles. The maximum Gasteiger partial charge on any atom is 0.242 e. The number of hydrogen-bond donors (Lipinski definition) is 1. The molecule has 3 aromatic rings. The Morgan fingerprint density at radius 1 is 1.07 bits per heavy atom. The molecule has 0 aliphatic carbocycles. The van der Waals surface area contributed by atoms with Crippen molar-refractivity contribution in [2.45, 2.75) is 6.54 Å². The minimum Gasteiger partial charge on any atom is -0.497 e. The summed E-state index contributed by atoms with van der Waals surface area (Å²) >= 11 is 5.37. The van der Waals surface area contributed by atoms with Gasteiger partial charge in [0.25, 0.3) is 0 Å². The van der Waals surface area contributed by atoms with Crippen LogP contribution < -0.4 is 9.64 Å². The number of methoxy groups -OCH3 is 1. The van der Waals surface area contributed by atoms with E-state index in [-0.39, 0.29) is 12.5 Å². The molecule has 7 nitrogen and oxygen atoms in total. The number of rotatable bonds is 5. The Morgan fingerprint density at radius 3 is 2.41 bits per heavy atom. The number of carbonyl (C=O) groups excluding carboxylic acids is 1. The summed E-state index contributed by atoms with van der Waals surface area (Å²) < 4.78 is 7.39. The summed E-state index contributed by atoms with van der Waals surface area (Å²) in [6.45, 7) is 3.19. The highest BCUT2D eigenvalue weighted by molar-refractivity contribution is 7.71. The van der Waals surface area contributed by atoms with Crippen molar-refractivity contribution < 1.29 is 9.53 Å². The number of H-pyrrole nitrogens is 1. The van der Waals surface area contributed by atoms with Gasteiger partial charge in [-0.25, -0.2) is 0 Å². The first kappa shape index (κ1) is 19.2. The van der Waals surface area contributed by atoms with Crippen LogP contribution in [0.5, 0.6) is 5.75 Å². The smallest absolute Gasteiger partial charge is 0.242 e. The fourth-order valence-electron chi connectivity index (χ4n) is 3.51. The molecule has 1 fully saturated rings. The van der Waals surface area contributed by atoms with E-state index in [1.165, 1.54) is 5.69 Å². The van der Waals surface area contributed by atoms with Crippen molar-refractivity contribution in [3.63, 3.8) is 0 Å². The molecule has 2 aromatic carbocycles. The first-order chi connectivity index (χ1) is 14.2. The van der Waals surface area contributed by atoms with Gasteiger partial charge in [0.15, 0.2) is 10.6 Å². The summed E-state index contributed by atoms with van der Waals surface area (Å²) in [5, 5.41) is 7.12. The van der Waals surface area contributed by atoms with Crippen LogP contribution in [0.2, 0.25) is 0 Å². The zero-order valence-corrected chi connectivity index (χ0v) is 17.1. The van der Waals surface area contributed by atoms with E-state index in [0.717, 1.165) is 24.4 Å². The Hall–Kier alpha value is -3.13. The molecule has 1 saturated heterocycles. The van der Waals surface area contributed by atoms with Crippen molar-refractivity contribution in [2.24, 2.45) is 0 Å². The Morgan fingerprint density at radius 2 is 1.76 bits per heavy atom. The van der Waals surface area contributed by atoms with Gasteiger partial charge in [-0.2, -0.15) is 5.10 Å². The normalized spacial score (nSPS) is 14.1. The van der Waals surface area contributed by atoms with Crippen LogP contribution in [-0.4, -0.2) is 58.9 Å². The van der Waals surface area contributed by atoms with Gasteiger partial charge in [0.1, 0.15) is 12.3 Å². The third kappa shape index (κ3) is 4.17.